The molecule has 0 atom stereocenters. The number of carbonyl (C=O) groups excluding carboxylic acids is 1. The minimum Gasteiger partial charge on any atom is -0.381 e. The normalized spacial score (nSPS) is 16.0. The molecule has 7 heteroatoms. The van der Waals surface area contributed by atoms with Gasteiger partial charge in [-0.15, -0.1) is 0 Å². The van der Waals surface area contributed by atoms with Gasteiger partial charge in [0.15, 0.2) is 5.16 Å². The number of rotatable bonds is 7. The summed E-state index contributed by atoms with van der Waals surface area (Å²) in [5.41, 5.74) is 0. The van der Waals surface area contributed by atoms with Gasteiger partial charge in [0.1, 0.15) is 0 Å². The maximum Gasteiger partial charge on any atom is 0.230 e. The Balaban J connectivity index is 1.51. The topological polar surface area (TPSA) is 64.1 Å². The number of ether oxygens (including phenoxy) is 1. The van der Waals surface area contributed by atoms with E-state index in [9.17, 15) is 4.79 Å². The van der Waals surface area contributed by atoms with Gasteiger partial charge in [-0.05, 0) is 18.9 Å². The number of carbonyl (C=O) groups is 1. The zero-order chi connectivity index (χ0) is 14.0. The number of nitrogens with zero attached hydrogens (tertiary/aromatic N) is 2. The number of nitrogens with one attached hydrogen (secondary N) is 1. The molecule has 1 aromatic rings. The quantitative estimate of drug-likeness (QED) is 0.469. The van der Waals surface area contributed by atoms with Gasteiger partial charge in [0.25, 0.3) is 0 Å². The Morgan fingerprint density at radius 3 is 2.85 bits per heavy atom. The van der Waals surface area contributed by atoms with Crippen molar-refractivity contribution in [3.05, 3.63) is 18.5 Å². The summed E-state index contributed by atoms with van der Waals surface area (Å²) in [6.07, 6.45) is 5.61. The molecule has 2 rings (SSSR count). The first-order chi connectivity index (χ1) is 9.84. The van der Waals surface area contributed by atoms with Crippen LogP contribution in [0.3, 0.4) is 0 Å². The van der Waals surface area contributed by atoms with Gasteiger partial charge in [0, 0.05) is 43.2 Å². The molecule has 1 amide bonds. The lowest BCUT2D eigenvalue weighted by Crippen LogP contribution is -2.28. The molecule has 0 unspecified atom stereocenters. The smallest absolute Gasteiger partial charge is 0.230 e. The highest BCUT2D eigenvalue weighted by Crippen LogP contribution is 2.21. The van der Waals surface area contributed by atoms with Crippen LogP contribution in [-0.4, -0.2) is 52.4 Å². The van der Waals surface area contributed by atoms with Gasteiger partial charge >= 0.3 is 0 Å². The summed E-state index contributed by atoms with van der Waals surface area (Å²) in [7, 11) is 0. The van der Waals surface area contributed by atoms with Gasteiger partial charge < -0.3 is 10.1 Å². The number of aromatic nitrogens is 2. The first kappa shape index (κ1) is 15.6. The average molecular weight is 313 g/mol. The molecule has 0 radical (unpaired) electrons. The minimum absolute atomic E-state index is 0.0371. The lowest BCUT2D eigenvalue weighted by atomic mass is 10.2. The zero-order valence-electron chi connectivity index (χ0n) is 11.3. The second-order valence-electron chi connectivity index (χ2n) is 4.35. The van der Waals surface area contributed by atoms with E-state index in [4.69, 9.17) is 4.74 Å². The highest BCUT2D eigenvalue weighted by Gasteiger charge is 2.13. The molecule has 1 fully saturated rings. The molecule has 1 aromatic heterocycles. The third-order valence-corrected chi connectivity index (χ3v) is 5.08. The molecule has 0 aliphatic carbocycles. The van der Waals surface area contributed by atoms with Gasteiger partial charge in [-0.2, -0.15) is 11.8 Å². The Bertz CT molecular complexity index is 400. The molecule has 110 valence electrons. The van der Waals surface area contributed by atoms with Crippen molar-refractivity contribution < 1.29 is 9.53 Å². The molecule has 1 saturated heterocycles. The Hall–Kier alpha value is -0.790. The van der Waals surface area contributed by atoms with Crippen molar-refractivity contribution in [2.45, 2.75) is 23.2 Å². The Morgan fingerprint density at radius 2 is 2.10 bits per heavy atom. The van der Waals surface area contributed by atoms with E-state index in [-0.39, 0.29) is 5.91 Å². The van der Waals surface area contributed by atoms with Gasteiger partial charge in [0.2, 0.25) is 5.91 Å². The maximum atomic E-state index is 11.7. The van der Waals surface area contributed by atoms with Crippen LogP contribution in [0, 0.1) is 0 Å². The van der Waals surface area contributed by atoms with Crippen LogP contribution in [0.5, 0.6) is 0 Å². The summed E-state index contributed by atoms with van der Waals surface area (Å²) in [4.78, 5) is 19.8. The summed E-state index contributed by atoms with van der Waals surface area (Å²) in [5.74, 6) is 1.37. The lowest BCUT2D eigenvalue weighted by molar-refractivity contribution is -0.118. The van der Waals surface area contributed by atoms with E-state index in [1.807, 2.05) is 11.8 Å². The minimum atomic E-state index is 0.0371. The van der Waals surface area contributed by atoms with Crippen molar-refractivity contribution in [1.29, 1.82) is 0 Å². The molecular formula is C13H19N3O2S2. The van der Waals surface area contributed by atoms with Crippen LogP contribution < -0.4 is 5.32 Å². The van der Waals surface area contributed by atoms with Crippen LogP contribution in [-0.2, 0) is 9.53 Å². The molecule has 1 aliphatic rings. The Morgan fingerprint density at radius 1 is 1.35 bits per heavy atom. The summed E-state index contributed by atoms with van der Waals surface area (Å²) >= 11 is 3.28. The molecule has 5 nitrogen and oxygen atoms in total. The van der Waals surface area contributed by atoms with Crippen molar-refractivity contribution in [2.24, 2.45) is 0 Å². The number of amides is 1. The first-order valence-corrected chi connectivity index (χ1v) is 8.74. The second kappa shape index (κ2) is 9.20. The summed E-state index contributed by atoms with van der Waals surface area (Å²) < 4.78 is 5.32. The molecule has 20 heavy (non-hydrogen) atoms. The molecule has 0 aromatic carbocycles. The van der Waals surface area contributed by atoms with Gasteiger partial charge in [-0.1, -0.05) is 11.8 Å². The van der Waals surface area contributed by atoms with Crippen LogP contribution >= 0.6 is 23.5 Å². The fourth-order valence-corrected chi connectivity index (χ4v) is 3.51. The Kier molecular flexibility index (Phi) is 7.18. The average Bonchev–Trinajstić information content (AvgIpc) is 2.52. The van der Waals surface area contributed by atoms with Crippen LogP contribution in [0.25, 0.3) is 0 Å². The summed E-state index contributed by atoms with van der Waals surface area (Å²) in [5, 5.41) is 4.25. The van der Waals surface area contributed by atoms with Gasteiger partial charge in [0.05, 0.1) is 5.75 Å². The monoisotopic (exact) mass is 313 g/mol. The van der Waals surface area contributed by atoms with E-state index < -0.39 is 0 Å². The van der Waals surface area contributed by atoms with Crippen LogP contribution in [0.1, 0.15) is 12.8 Å². The van der Waals surface area contributed by atoms with Crippen molar-refractivity contribution >= 4 is 29.4 Å². The van der Waals surface area contributed by atoms with E-state index in [0.717, 1.165) is 38.4 Å². The second-order valence-corrected chi connectivity index (χ2v) is 6.70. The van der Waals surface area contributed by atoms with Crippen molar-refractivity contribution in [3.63, 3.8) is 0 Å². The highest BCUT2D eigenvalue weighted by atomic mass is 32.2. The molecule has 1 aliphatic heterocycles. The molecule has 1 N–H and O–H groups in total. The largest absolute Gasteiger partial charge is 0.381 e. The van der Waals surface area contributed by atoms with E-state index in [1.165, 1.54) is 11.8 Å². The molecule has 2 heterocycles. The fourth-order valence-electron chi connectivity index (χ4n) is 1.80. The molecular weight excluding hydrogens is 294 g/mol. The van der Waals surface area contributed by atoms with Gasteiger partial charge in [-0.25, -0.2) is 9.97 Å². The van der Waals surface area contributed by atoms with Crippen molar-refractivity contribution in [2.75, 3.05) is 31.3 Å². The van der Waals surface area contributed by atoms with E-state index in [1.54, 1.807) is 18.5 Å². The summed E-state index contributed by atoms with van der Waals surface area (Å²) in [6, 6.07) is 1.76. The van der Waals surface area contributed by atoms with Crippen LogP contribution in [0.2, 0.25) is 0 Å². The third kappa shape index (κ3) is 6.11. The lowest BCUT2D eigenvalue weighted by Gasteiger charge is -2.21. The highest BCUT2D eigenvalue weighted by molar-refractivity contribution is 8.00. The predicted octanol–water partition coefficient (Wildman–Crippen LogP) is 1.60. The number of hydrogen-bond donors (Lipinski definition) is 1. The fraction of sp³-hybridized carbons (Fsp3) is 0.615. The Labute approximate surface area is 127 Å². The van der Waals surface area contributed by atoms with Gasteiger partial charge in [-0.3, -0.25) is 4.79 Å². The van der Waals surface area contributed by atoms with Crippen LogP contribution in [0.15, 0.2) is 23.6 Å². The third-order valence-electron chi connectivity index (χ3n) is 2.82. The number of hydrogen-bond acceptors (Lipinski definition) is 6. The van der Waals surface area contributed by atoms with E-state index in [2.05, 4.69) is 15.3 Å². The SMILES string of the molecule is O=C(CSc1ncccn1)NCCSC1CCOCC1. The number of thioether (sulfide) groups is 2. The van der Waals surface area contributed by atoms with Crippen molar-refractivity contribution in [3.8, 4) is 0 Å². The van der Waals surface area contributed by atoms with E-state index >= 15 is 0 Å². The van der Waals surface area contributed by atoms with Crippen LogP contribution in [0.4, 0.5) is 0 Å². The molecule has 0 bridgehead atoms. The molecule has 0 spiro atoms. The first-order valence-electron chi connectivity index (χ1n) is 6.70. The predicted molar refractivity (Wildman–Crippen MR) is 82.1 cm³/mol. The van der Waals surface area contributed by atoms with E-state index in [0.29, 0.717) is 16.2 Å². The molecule has 0 saturated carbocycles. The maximum absolute atomic E-state index is 11.7. The summed E-state index contributed by atoms with van der Waals surface area (Å²) in [6.45, 7) is 2.46. The van der Waals surface area contributed by atoms with Crippen molar-refractivity contribution in [1.82, 2.24) is 15.3 Å². The zero-order valence-corrected chi connectivity index (χ0v) is 12.9. The standard InChI is InChI=1S/C13H19N3O2S2/c17-12(10-20-13-15-4-1-5-16-13)14-6-9-19-11-2-7-18-8-3-11/h1,4-5,11H,2-3,6-10H2,(H,14,17).